The van der Waals surface area contributed by atoms with Crippen molar-refractivity contribution in [2.24, 2.45) is 5.16 Å². The molecule has 0 atom stereocenters. The van der Waals surface area contributed by atoms with Gasteiger partial charge in [-0.2, -0.15) is 0 Å². The number of anilines is 1. The maximum atomic E-state index is 12.6. The van der Waals surface area contributed by atoms with Gasteiger partial charge in [0.1, 0.15) is 12.3 Å². The van der Waals surface area contributed by atoms with Gasteiger partial charge in [0, 0.05) is 27.7 Å². The molecule has 2 aromatic carbocycles. The van der Waals surface area contributed by atoms with Crippen molar-refractivity contribution in [3.63, 3.8) is 0 Å². The first-order valence-corrected chi connectivity index (χ1v) is 8.61. The van der Waals surface area contributed by atoms with E-state index in [4.69, 9.17) is 4.84 Å². The van der Waals surface area contributed by atoms with E-state index in [0.29, 0.717) is 18.6 Å². The minimum absolute atomic E-state index is 0.0879. The molecule has 0 saturated heterocycles. The van der Waals surface area contributed by atoms with Crippen molar-refractivity contribution < 1.29 is 9.63 Å². The summed E-state index contributed by atoms with van der Waals surface area (Å²) in [7, 11) is 0. The van der Waals surface area contributed by atoms with Crippen LogP contribution in [0.5, 0.6) is 0 Å². The number of allylic oxidation sites excluding steroid dienone is 1. The quantitative estimate of drug-likeness (QED) is 0.626. The number of oxime groups is 1. The molecule has 1 heterocycles. The lowest BCUT2D eigenvalue weighted by molar-refractivity contribution is -0.110. The Morgan fingerprint density at radius 3 is 2.88 bits per heavy atom. The Balaban J connectivity index is 1.94. The average Bonchev–Trinajstić information content (AvgIpc) is 3.09. The summed E-state index contributed by atoms with van der Waals surface area (Å²) >= 11 is 3.49. The molecule has 1 N–H and O–H groups in total. The van der Waals surface area contributed by atoms with Crippen LogP contribution in [-0.4, -0.2) is 18.2 Å². The third-order valence-corrected chi connectivity index (χ3v) is 4.73. The molecular weight excluding hydrogens is 368 g/mol. The van der Waals surface area contributed by atoms with E-state index in [1.165, 1.54) is 0 Å². The first-order chi connectivity index (χ1) is 11.7. The van der Waals surface area contributed by atoms with Crippen LogP contribution in [0, 0.1) is 0 Å². The van der Waals surface area contributed by atoms with E-state index in [1.807, 2.05) is 43.3 Å². The number of carbonyl (C=O) groups excluding carboxylic acids is 1. The van der Waals surface area contributed by atoms with Gasteiger partial charge in [-0.15, -0.1) is 0 Å². The van der Waals surface area contributed by atoms with Crippen molar-refractivity contribution >= 4 is 38.8 Å². The van der Waals surface area contributed by atoms with Gasteiger partial charge in [0.05, 0.1) is 5.57 Å². The van der Waals surface area contributed by atoms with Gasteiger partial charge in [0.15, 0.2) is 0 Å². The Kier molecular flexibility index (Phi) is 3.73. The Morgan fingerprint density at radius 2 is 2.04 bits per heavy atom. The maximum Gasteiger partial charge on any atom is 0.256 e. The SMILES string of the molecule is CCON=C1/C(=C2/C(=O)Nc3ccc(Br)cc32)Cc2ccccc21. The third kappa shape index (κ3) is 2.36. The summed E-state index contributed by atoms with van der Waals surface area (Å²) in [6.45, 7) is 2.38. The summed E-state index contributed by atoms with van der Waals surface area (Å²) in [5.74, 6) is -0.0879. The van der Waals surface area contributed by atoms with Gasteiger partial charge in [0.25, 0.3) is 5.91 Å². The lowest BCUT2D eigenvalue weighted by atomic mass is 9.98. The normalized spacial score (nSPS) is 20.1. The molecule has 2 aliphatic rings. The van der Waals surface area contributed by atoms with E-state index < -0.39 is 0 Å². The summed E-state index contributed by atoms with van der Waals surface area (Å²) < 4.78 is 0.939. The Morgan fingerprint density at radius 1 is 1.21 bits per heavy atom. The van der Waals surface area contributed by atoms with Crippen molar-refractivity contribution in [2.45, 2.75) is 13.3 Å². The second kappa shape index (κ2) is 5.91. The van der Waals surface area contributed by atoms with Crippen LogP contribution in [0.1, 0.15) is 23.6 Å². The zero-order chi connectivity index (χ0) is 16.7. The van der Waals surface area contributed by atoms with Gasteiger partial charge < -0.3 is 10.2 Å². The van der Waals surface area contributed by atoms with Crippen LogP contribution in [0.3, 0.4) is 0 Å². The Hall–Kier alpha value is -2.40. The largest absolute Gasteiger partial charge is 0.396 e. The van der Waals surface area contributed by atoms with E-state index in [2.05, 4.69) is 32.5 Å². The number of rotatable bonds is 2. The summed E-state index contributed by atoms with van der Waals surface area (Å²) in [6, 6.07) is 13.9. The fourth-order valence-corrected chi connectivity index (χ4v) is 3.58. The van der Waals surface area contributed by atoms with Crippen LogP contribution < -0.4 is 5.32 Å². The summed E-state index contributed by atoms with van der Waals surface area (Å²) in [6.07, 6.45) is 0.677. The molecule has 0 spiro atoms. The fourth-order valence-electron chi connectivity index (χ4n) is 3.22. The highest BCUT2D eigenvalue weighted by Gasteiger charge is 2.34. The number of nitrogens with zero attached hydrogens (tertiary/aromatic N) is 1. The number of hydrogen-bond donors (Lipinski definition) is 1. The van der Waals surface area contributed by atoms with Crippen LogP contribution in [0.2, 0.25) is 0 Å². The van der Waals surface area contributed by atoms with Crippen molar-refractivity contribution in [2.75, 3.05) is 11.9 Å². The van der Waals surface area contributed by atoms with Gasteiger partial charge in [-0.3, -0.25) is 4.79 Å². The molecule has 24 heavy (non-hydrogen) atoms. The predicted octanol–water partition coefficient (Wildman–Crippen LogP) is 4.15. The zero-order valence-corrected chi connectivity index (χ0v) is 14.7. The molecule has 1 amide bonds. The third-order valence-electron chi connectivity index (χ3n) is 4.24. The highest BCUT2D eigenvalue weighted by molar-refractivity contribution is 9.10. The minimum atomic E-state index is -0.0879. The van der Waals surface area contributed by atoms with E-state index in [-0.39, 0.29) is 5.91 Å². The molecule has 4 rings (SSSR count). The van der Waals surface area contributed by atoms with Gasteiger partial charge in [-0.1, -0.05) is 45.4 Å². The fraction of sp³-hybridized carbons (Fsp3) is 0.158. The molecule has 0 bridgehead atoms. The number of halogens is 1. The highest BCUT2D eigenvalue weighted by Crippen LogP contribution is 2.40. The smallest absolute Gasteiger partial charge is 0.256 e. The van der Waals surface area contributed by atoms with Crippen LogP contribution >= 0.6 is 15.9 Å². The standard InChI is InChI=1S/C19H15BrN2O2/c1-2-24-22-18-13-6-4-3-5-11(13)9-15(18)17-14-10-12(20)7-8-16(14)21-19(17)23/h3-8,10H,2,9H2,1H3,(H,21,23)/b17-15+,22-18?. The van der Waals surface area contributed by atoms with E-state index in [0.717, 1.165) is 38.1 Å². The summed E-state index contributed by atoms with van der Waals surface area (Å²) in [5, 5.41) is 7.25. The number of carbonyl (C=O) groups is 1. The number of hydrogen-bond acceptors (Lipinski definition) is 3. The predicted molar refractivity (Wildman–Crippen MR) is 98.0 cm³/mol. The number of benzene rings is 2. The van der Waals surface area contributed by atoms with E-state index >= 15 is 0 Å². The second-order valence-electron chi connectivity index (χ2n) is 5.69. The second-order valence-corrected chi connectivity index (χ2v) is 6.60. The molecule has 0 fully saturated rings. The zero-order valence-electron chi connectivity index (χ0n) is 13.1. The van der Waals surface area contributed by atoms with Crippen LogP contribution in [0.25, 0.3) is 5.57 Å². The molecule has 5 heteroatoms. The first kappa shape index (κ1) is 15.1. The molecule has 0 unspecified atom stereocenters. The Labute approximate surface area is 148 Å². The number of fused-ring (bicyclic) bond motifs is 2. The van der Waals surface area contributed by atoms with E-state index in [1.54, 1.807) is 0 Å². The summed E-state index contributed by atoms with van der Waals surface area (Å²) in [5.41, 5.74) is 6.28. The Bertz CT molecular complexity index is 915. The van der Waals surface area contributed by atoms with Crippen LogP contribution in [0.4, 0.5) is 5.69 Å². The van der Waals surface area contributed by atoms with Gasteiger partial charge >= 0.3 is 0 Å². The molecule has 0 saturated carbocycles. The summed E-state index contributed by atoms with van der Waals surface area (Å²) in [4.78, 5) is 17.9. The molecule has 120 valence electrons. The van der Waals surface area contributed by atoms with Crippen LogP contribution in [0.15, 0.2) is 57.7 Å². The van der Waals surface area contributed by atoms with Crippen LogP contribution in [-0.2, 0) is 16.1 Å². The van der Waals surface area contributed by atoms with Crippen molar-refractivity contribution in [3.05, 3.63) is 69.2 Å². The number of nitrogens with one attached hydrogen (secondary N) is 1. The van der Waals surface area contributed by atoms with Gasteiger partial charge in [-0.05, 0) is 36.3 Å². The molecule has 0 radical (unpaired) electrons. The topological polar surface area (TPSA) is 50.7 Å². The maximum absolute atomic E-state index is 12.6. The lowest BCUT2D eigenvalue weighted by Gasteiger charge is -2.06. The minimum Gasteiger partial charge on any atom is -0.396 e. The van der Waals surface area contributed by atoms with Crippen molar-refractivity contribution in [3.8, 4) is 0 Å². The average molecular weight is 383 g/mol. The molecule has 0 aromatic heterocycles. The molecule has 2 aromatic rings. The lowest BCUT2D eigenvalue weighted by Crippen LogP contribution is -2.10. The molecule has 1 aliphatic carbocycles. The van der Waals surface area contributed by atoms with Gasteiger partial charge in [-0.25, -0.2) is 0 Å². The first-order valence-electron chi connectivity index (χ1n) is 7.82. The highest BCUT2D eigenvalue weighted by atomic mass is 79.9. The van der Waals surface area contributed by atoms with Crippen molar-refractivity contribution in [1.29, 1.82) is 0 Å². The molecule has 1 aliphatic heterocycles. The number of amides is 1. The van der Waals surface area contributed by atoms with E-state index in [9.17, 15) is 4.79 Å². The van der Waals surface area contributed by atoms with Crippen molar-refractivity contribution in [1.82, 2.24) is 0 Å². The monoisotopic (exact) mass is 382 g/mol. The molecular formula is C19H15BrN2O2. The van der Waals surface area contributed by atoms with Gasteiger partial charge in [0.2, 0.25) is 0 Å². The molecule has 4 nitrogen and oxygen atoms in total.